The maximum Gasteiger partial charge on any atom is 0.256 e. The lowest BCUT2D eigenvalue weighted by atomic mass is 10.1. The zero-order chi connectivity index (χ0) is 15.3. The van der Waals surface area contributed by atoms with Crippen molar-refractivity contribution in [1.82, 2.24) is 9.80 Å². The van der Waals surface area contributed by atoms with E-state index >= 15 is 0 Å². The molecular formula is C15H25N3O2. The van der Waals surface area contributed by atoms with Gasteiger partial charge >= 0.3 is 0 Å². The number of carbonyl (C=O) groups is 1. The molecule has 0 fully saturated rings. The third-order valence-corrected chi connectivity index (χ3v) is 3.25. The summed E-state index contributed by atoms with van der Waals surface area (Å²) >= 11 is 0. The molecule has 0 aliphatic rings. The van der Waals surface area contributed by atoms with Crippen molar-refractivity contribution in [2.45, 2.75) is 19.9 Å². The minimum atomic E-state index is -0.0572. The molecular weight excluding hydrogens is 254 g/mol. The summed E-state index contributed by atoms with van der Waals surface area (Å²) in [7, 11) is 5.56. The Hall–Kier alpha value is -1.75. The third-order valence-electron chi connectivity index (χ3n) is 3.25. The molecule has 0 bridgehead atoms. The fourth-order valence-electron chi connectivity index (χ4n) is 2.28. The quantitative estimate of drug-likeness (QED) is 0.805. The summed E-state index contributed by atoms with van der Waals surface area (Å²) < 4.78 is 5.16. The molecule has 1 rings (SSSR count). The highest BCUT2D eigenvalue weighted by molar-refractivity contribution is 5.99. The van der Waals surface area contributed by atoms with Crippen LogP contribution in [0.4, 0.5) is 5.69 Å². The molecule has 5 nitrogen and oxygen atoms in total. The van der Waals surface area contributed by atoms with E-state index in [0.717, 1.165) is 6.54 Å². The summed E-state index contributed by atoms with van der Waals surface area (Å²) in [5.41, 5.74) is 6.90. The van der Waals surface area contributed by atoms with Crippen molar-refractivity contribution >= 4 is 11.6 Å². The van der Waals surface area contributed by atoms with Crippen LogP contribution in [0.15, 0.2) is 18.2 Å². The van der Waals surface area contributed by atoms with Crippen LogP contribution < -0.4 is 10.5 Å². The molecule has 112 valence electrons. The highest BCUT2D eigenvalue weighted by atomic mass is 16.5. The molecule has 1 aromatic rings. The molecule has 0 saturated heterocycles. The Morgan fingerprint density at radius 2 is 2.05 bits per heavy atom. The van der Waals surface area contributed by atoms with Gasteiger partial charge in [-0.15, -0.1) is 0 Å². The number of carbonyl (C=O) groups excluding carboxylic acids is 1. The SMILES string of the molecule is CCN(C(=O)c1cc(OC)ccc1N)C(C)CN(C)C. The summed E-state index contributed by atoms with van der Waals surface area (Å²) in [6.07, 6.45) is 0. The normalized spacial score (nSPS) is 12.3. The van der Waals surface area contributed by atoms with Gasteiger partial charge in [-0.05, 0) is 46.1 Å². The van der Waals surface area contributed by atoms with Gasteiger partial charge in [0.2, 0.25) is 0 Å². The molecule has 0 heterocycles. The van der Waals surface area contributed by atoms with Gasteiger partial charge in [-0.3, -0.25) is 4.79 Å². The summed E-state index contributed by atoms with van der Waals surface area (Å²) in [4.78, 5) is 16.5. The molecule has 0 spiro atoms. The van der Waals surface area contributed by atoms with Gasteiger partial charge in [0.1, 0.15) is 5.75 Å². The molecule has 1 amide bonds. The second-order valence-electron chi connectivity index (χ2n) is 5.16. The predicted octanol–water partition coefficient (Wildman–Crippen LogP) is 1.69. The first-order chi connectivity index (χ1) is 9.40. The van der Waals surface area contributed by atoms with E-state index in [-0.39, 0.29) is 11.9 Å². The number of amides is 1. The van der Waals surface area contributed by atoms with Gasteiger partial charge in [-0.2, -0.15) is 0 Å². The molecule has 0 aliphatic carbocycles. The van der Waals surface area contributed by atoms with Gasteiger partial charge in [-0.25, -0.2) is 0 Å². The second kappa shape index (κ2) is 7.14. The molecule has 5 heteroatoms. The van der Waals surface area contributed by atoms with E-state index in [1.54, 1.807) is 25.3 Å². The molecule has 1 atom stereocenters. The number of hydrogen-bond acceptors (Lipinski definition) is 4. The largest absolute Gasteiger partial charge is 0.497 e. The van der Waals surface area contributed by atoms with Gasteiger partial charge in [0.05, 0.1) is 12.7 Å². The van der Waals surface area contributed by atoms with E-state index in [2.05, 4.69) is 4.90 Å². The Morgan fingerprint density at radius 3 is 2.55 bits per heavy atom. The lowest BCUT2D eigenvalue weighted by Gasteiger charge is -2.30. The van der Waals surface area contributed by atoms with Crippen LogP contribution in [0.2, 0.25) is 0 Å². The fraction of sp³-hybridized carbons (Fsp3) is 0.533. The minimum absolute atomic E-state index is 0.0572. The minimum Gasteiger partial charge on any atom is -0.497 e. The number of hydrogen-bond donors (Lipinski definition) is 1. The molecule has 2 N–H and O–H groups in total. The lowest BCUT2D eigenvalue weighted by molar-refractivity contribution is 0.0680. The Morgan fingerprint density at radius 1 is 1.40 bits per heavy atom. The number of likely N-dealkylation sites (N-methyl/N-ethyl adjacent to an activating group) is 2. The van der Waals surface area contributed by atoms with E-state index in [9.17, 15) is 4.79 Å². The van der Waals surface area contributed by atoms with Crippen LogP contribution in [0.5, 0.6) is 5.75 Å². The summed E-state index contributed by atoms with van der Waals surface area (Å²) in [5, 5.41) is 0. The Kier molecular flexibility index (Phi) is 5.82. The number of nitrogen functional groups attached to an aromatic ring is 1. The molecule has 0 saturated carbocycles. The molecule has 0 aliphatic heterocycles. The van der Waals surface area contributed by atoms with Gasteiger partial charge in [0, 0.05) is 24.8 Å². The number of methoxy groups -OCH3 is 1. The standard InChI is InChI=1S/C15H25N3O2/c1-6-18(11(2)10-17(3)4)15(19)13-9-12(20-5)7-8-14(13)16/h7-9,11H,6,10,16H2,1-5H3. The molecule has 1 aromatic carbocycles. The number of benzene rings is 1. The first-order valence-electron chi connectivity index (χ1n) is 6.79. The van der Waals surface area contributed by atoms with Crippen molar-refractivity contribution in [1.29, 1.82) is 0 Å². The molecule has 1 unspecified atom stereocenters. The van der Waals surface area contributed by atoms with E-state index in [0.29, 0.717) is 23.5 Å². The van der Waals surface area contributed by atoms with E-state index in [1.807, 2.05) is 32.8 Å². The Bertz CT molecular complexity index is 460. The fourth-order valence-corrected chi connectivity index (χ4v) is 2.28. The van der Waals surface area contributed by atoms with Crippen molar-refractivity contribution in [3.63, 3.8) is 0 Å². The second-order valence-corrected chi connectivity index (χ2v) is 5.16. The number of rotatable bonds is 6. The van der Waals surface area contributed by atoms with E-state index in [1.165, 1.54) is 0 Å². The lowest BCUT2D eigenvalue weighted by Crippen LogP contribution is -2.43. The number of nitrogens with two attached hydrogens (primary N) is 1. The highest BCUT2D eigenvalue weighted by Gasteiger charge is 2.22. The number of nitrogens with zero attached hydrogens (tertiary/aromatic N) is 2. The highest BCUT2D eigenvalue weighted by Crippen LogP contribution is 2.22. The summed E-state index contributed by atoms with van der Waals surface area (Å²) in [6.45, 7) is 5.46. The first-order valence-corrected chi connectivity index (χ1v) is 6.79. The summed E-state index contributed by atoms with van der Waals surface area (Å²) in [5.74, 6) is 0.581. The van der Waals surface area contributed by atoms with E-state index < -0.39 is 0 Å². The topological polar surface area (TPSA) is 58.8 Å². The van der Waals surface area contributed by atoms with Crippen molar-refractivity contribution in [3.8, 4) is 5.75 Å². The maximum atomic E-state index is 12.7. The maximum absolute atomic E-state index is 12.7. The number of ether oxygens (including phenoxy) is 1. The van der Waals surface area contributed by atoms with Crippen LogP contribution in [0.1, 0.15) is 24.2 Å². The first kappa shape index (κ1) is 16.3. The van der Waals surface area contributed by atoms with Crippen LogP contribution >= 0.6 is 0 Å². The van der Waals surface area contributed by atoms with Crippen molar-refractivity contribution in [2.24, 2.45) is 0 Å². The van der Waals surface area contributed by atoms with E-state index in [4.69, 9.17) is 10.5 Å². The average molecular weight is 279 g/mol. The smallest absolute Gasteiger partial charge is 0.256 e. The Labute approximate surface area is 121 Å². The van der Waals surface area contributed by atoms with Gasteiger partial charge in [-0.1, -0.05) is 0 Å². The van der Waals surface area contributed by atoms with Crippen molar-refractivity contribution in [2.75, 3.05) is 40.0 Å². The number of anilines is 1. The summed E-state index contributed by atoms with van der Waals surface area (Å²) in [6, 6.07) is 5.28. The molecule has 0 radical (unpaired) electrons. The van der Waals surface area contributed by atoms with Crippen LogP contribution in [-0.4, -0.2) is 56.0 Å². The molecule has 0 aromatic heterocycles. The Balaban J connectivity index is 3.01. The van der Waals surface area contributed by atoms with Crippen LogP contribution in [0.3, 0.4) is 0 Å². The monoisotopic (exact) mass is 279 g/mol. The van der Waals surface area contributed by atoms with Gasteiger partial charge in [0.15, 0.2) is 0 Å². The zero-order valence-electron chi connectivity index (χ0n) is 13.0. The van der Waals surface area contributed by atoms with Crippen molar-refractivity contribution in [3.05, 3.63) is 23.8 Å². The van der Waals surface area contributed by atoms with Crippen LogP contribution in [0, 0.1) is 0 Å². The zero-order valence-corrected chi connectivity index (χ0v) is 13.0. The average Bonchev–Trinajstić information content (AvgIpc) is 2.39. The van der Waals surface area contributed by atoms with Crippen molar-refractivity contribution < 1.29 is 9.53 Å². The van der Waals surface area contributed by atoms with Gasteiger partial charge < -0.3 is 20.3 Å². The van der Waals surface area contributed by atoms with Gasteiger partial charge in [0.25, 0.3) is 5.91 Å². The van der Waals surface area contributed by atoms with Crippen LogP contribution in [-0.2, 0) is 0 Å². The third kappa shape index (κ3) is 3.87. The predicted molar refractivity (Wildman–Crippen MR) is 82.1 cm³/mol. The van der Waals surface area contributed by atoms with Crippen LogP contribution in [0.25, 0.3) is 0 Å². The molecule has 20 heavy (non-hydrogen) atoms.